The minimum atomic E-state index is 0.613. The normalized spacial score (nSPS) is 16.8. The second-order valence-corrected chi connectivity index (χ2v) is 5.72. The van der Waals surface area contributed by atoms with E-state index in [9.17, 15) is 0 Å². The minimum absolute atomic E-state index is 0.613. The van der Waals surface area contributed by atoms with Crippen LogP contribution in [0, 0.1) is 0 Å². The highest BCUT2D eigenvalue weighted by atomic mass is 35.5. The van der Waals surface area contributed by atoms with Crippen LogP contribution in [0.5, 0.6) is 11.5 Å². The lowest BCUT2D eigenvalue weighted by Gasteiger charge is -2.18. The Bertz CT molecular complexity index is 429. The lowest BCUT2D eigenvalue weighted by Crippen LogP contribution is -2.28. The molecular formula is C16H24ClNO2. The van der Waals surface area contributed by atoms with Crippen LogP contribution in [0.4, 0.5) is 0 Å². The van der Waals surface area contributed by atoms with Gasteiger partial charge in [-0.25, -0.2) is 0 Å². The van der Waals surface area contributed by atoms with E-state index in [1.165, 1.54) is 38.5 Å². The van der Waals surface area contributed by atoms with Crippen molar-refractivity contribution in [2.45, 2.75) is 51.1 Å². The van der Waals surface area contributed by atoms with Crippen molar-refractivity contribution < 1.29 is 9.47 Å². The highest BCUT2D eigenvalue weighted by Crippen LogP contribution is 2.37. The Kier molecular flexibility index (Phi) is 5.99. The predicted octanol–water partition coefficient (Wildman–Crippen LogP) is 4.17. The Balaban J connectivity index is 2.01. The fraction of sp³-hybridized carbons (Fsp3) is 0.625. The van der Waals surface area contributed by atoms with Crippen molar-refractivity contribution in [1.82, 2.24) is 5.32 Å². The van der Waals surface area contributed by atoms with Crippen molar-refractivity contribution in [1.29, 1.82) is 0 Å². The van der Waals surface area contributed by atoms with Crippen molar-refractivity contribution in [3.8, 4) is 11.5 Å². The molecule has 0 aliphatic heterocycles. The number of hydrogen-bond donors (Lipinski definition) is 1. The standard InChI is InChI=1S/C16H24ClNO2/c1-19-14-10-9-12(15(17)16(14)20-2)11-18-13-7-5-3-4-6-8-13/h9-10,13,18H,3-8,11H2,1-2H3. The Morgan fingerprint density at radius 1 is 1.10 bits per heavy atom. The van der Waals surface area contributed by atoms with Gasteiger partial charge in [0.05, 0.1) is 19.2 Å². The number of methoxy groups -OCH3 is 2. The van der Waals surface area contributed by atoms with Crippen LogP contribution in [0.25, 0.3) is 0 Å². The molecule has 1 aliphatic carbocycles. The molecule has 1 aromatic rings. The van der Waals surface area contributed by atoms with Crippen molar-refractivity contribution >= 4 is 11.6 Å². The fourth-order valence-electron chi connectivity index (χ4n) is 2.80. The molecule has 0 atom stereocenters. The Hall–Kier alpha value is -0.930. The summed E-state index contributed by atoms with van der Waals surface area (Å²) in [5.41, 5.74) is 1.06. The van der Waals surface area contributed by atoms with Gasteiger partial charge in [0.2, 0.25) is 0 Å². The molecule has 2 rings (SSSR count). The molecule has 0 amide bonds. The summed E-state index contributed by atoms with van der Waals surface area (Å²) in [7, 11) is 3.24. The van der Waals surface area contributed by atoms with Crippen molar-refractivity contribution in [2.24, 2.45) is 0 Å². The zero-order chi connectivity index (χ0) is 14.4. The SMILES string of the molecule is COc1ccc(CNC2CCCCCC2)c(Cl)c1OC. The van der Waals surface area contributed by atoms with Crippen molar-refractivity contribution in [3.63, 3.8) is 0 Å². The van der Waals surface area contributed by atoms with E-state index in [0.29, 0.717) is 22.6 Å². The minimum Gasteiger partial charge on any atom is -0.493 e. The molecule has 0 unspecified atom stereocenters. The first-order valence-corrected chi connectivity index (χ1v) is 7.76. The Morgan fingerprint density at radius 3 is 2.40 bits per heavy atom. The zero-order valence-electron chi connectivity index (χ0n) is 12.4. The first kappa shape index (κ1) is 15.5. The van der Waals surface area contributed by atoms with Gasteiger partial charge < -0.3 is 14.8 Å². The maximum absolute atomic E-state index is 6.40. The first-order chi connectivity index (χ1) is 9.76. The smallest absolute Gasteiger partial charge is 0.179 e. The summed E-state index contributed by atoms with van der Waals surface area (Å²) in [5.74, 6) is 1.30. The van der Waals surface area contributed by atoms with Gasteiger partial charge in [0.15, 0.2) is 11.5 Å². The molecule has 1 saturated carbocycles. The lowest BCUT2D eigenvalue weighted by molar-refractivity contribution is 0.354. The van der Waals surface area contributed by atoms with Crippen molar-refractivity contribution in [2.75, 3.05) is 14.2 Å². The van der Waals surface area contributed by atoms with Crippen LogP contribution >= 0.6 is 11.6 Å². The van der Waals surface area contributed by atoms with Gasteiger partial charge in [0.25, 0.3) is 0 Å². The van der Waals surface area contributed by atoms with Crippen LogP contribution < -0.4 is 14.8 Å². The summed E-state index contributed by atoms with van der Waals surface area (Å²) in [6.45, 7) is 0.782. The summed E-state index contributed by atoms with van der Waals surface area (Å²) in [4.78, 5) is 0. The van der Waals surface area contributed by atoms with E-state index in [-0.39, 0.29) is 0 Å². The maximum atomic E-state index is 6.40. The average Bonchev–Trinajstić information content (AvgIpc) is 2.74. The molecule has 0 radical (unpaired) electrons. The second-order valence-electron chi connectivity index (χ2n) is 5.34. The third-order valence-electron chi connectivity index (χ3n) is 4.00. The Labute approximate surface area is 126 Å². The lowest BCUT2D eigenvalue weighted by atomic mass is 10.1. The fourth-order valence-corrected chi connectivity index (χ4v) is 3.10. The van der Waals surface area contributed by atoms with Gasteiger partial charge >= 0.3 is 0 Å². The largest absolute Gasteiger partial charge is 0.493 e. The van der Waals surface area contributed by atoms with E-state index in [2.05, 4.69) is 5.32 Å². The van der Waals surface area contributed by atoms with E-state index in [4.69, 9.17) is 21.1 Å². The molecule has 20 heavy (non-hydrogen) atoms. The highest BCUT2D eigenvalue weighted by molar-refractivity contribution is 6.33. The summed E-state index contributed by atoms with van der Waals surface area (Å²) < 4.78 is 10.6. The molecule has 0 heterocycles. The third kappa shape index (κ3) is 3.80. The summed E-state index contributed by atoms with van der Waals surface area (Å²) in [6, 6.07) is 4.53. The molecule has 3 nitrogen and oxygen atoms in total. The van der Waals surface area contributed by atoms with Gasteiger partial charge in [-0.1, -0.05) is 43.4 Å². The van der Waals surface area contributed by atoms with E-state index in [0.717, 1.165) is 12.1 Å². The van der Waals surface area contributed by atoms with Gasteiger partial charge in [0, 0.05) is 12.6 Å². The topological polar surface area (TPSA) is 30.5 Å². The van der Waals surface area contributed by atoms with Gasteiger partial charge in [-0.05, 0) is 24.5 Å². The van der Waals surface area contributed by atoms with Crippen LogP contribution in [0.3, 0.4) is 0 Å². The molecule has 0 spiro atoms. The van der Waals surface area contributed by atoms with Crippen LogP contribution in [0.1, 0.15) is 44.1 Å². The second kappa shape index (κ2) is 7.75. The quantitative estimate of drug-likeness (QED) is 0.828. The summed E-state index contributed by atoms with van der Waals surface area (Å²) >= 11 is 6.40. The molecule has 4 heteroatoms. The maximum Gasteiger partial charge on any atom is 0.179 e. The van der Waals surface area contributed by atoms with Gasteiger partial charge in [-0.15, -0.1) is 0 Å². The number of benzene rings is 1. The number of rotatable bonds is 5. The molecule has 1 aromatic carbocycles. The van der Waals surface area contributed by atoms with E-state index in [1.54, 1.807) is 14.2 Å². The first-order valence-electron chi connectivity index (χ1n) is 7.39. The predicted molar refractivity (Wildman–Crippen MR) is 82.9 cm³/mol. The van der Waals surface area contributed by atoms with Crippen LogP contribution in [-0.2, 0) is 6.54 Å². The van der Waals surface area contributed by atoms with Crippen LogP contribution in [0.15, 0.2) is 12.1 Å². The molecule has 1 N–H and O–H groups in total. The molecule has 1 aliphatic rings. The zero-order valence-corrected chi connectivity index (χ0v) is 13.1. The molecule has 1 fully saturated rings. The summed E-state index contributed by atoms with van der Waals surface area (Å²) in [6.07, 6.45) is 7.94. The third-order valence-corrected chi connectivity index (χ3v) is 4.42. The van der Waals surface area contributed by atoms with Crippen LogP contribution in [0.2, 0.25) is 5.02 Å². The van der Waals surface area contributed by atoms with E-state index in [1.807, 2.05) is 12.1 Å². The highest BCUT2D eigenvalue weighted by Gasteiger charge is 2.15. The molecule has 0 aromatic heterocycles. The number of ether oxygens (including phenoxy) is 2. The number of hydrogen-bond acceptors (Lipinski definition) is 3. The van der Waals surface area contributed by atoms with Crippen molar-refractivity contribution in [3.05, 3.63) is 22.7 Å². The van der Waals surface area contributed by atoms with E-state index < -0.39 is 0 Å². The number of nitrogens with one attached hydrogen (secondary N) is 1. The molecular weight excluding hydrogens is 274 g/mol. The monoisotopic (exact) mass is 297 g/mol. The molecule has 0 bridgehead atoms. The van der Waals surface area contributed by atoms with Gasteiger partial charge in [-0.2, -0.15) is 0 Å². The molecule has 0 saturated heterocycles. The Morgan fingerprint density at radius 2 is 1.80 bits per heavy atom. The van der Waals surface area contributed by atoms with E-state index >= 15 is 0 Å². The summed E-state index contributed by atoms with van der Waals surface area (Å²) in [5, 5.41) is 4.27. The average molecular weight is 298 g/mol. The van der Waals surface area contributed by atoms with Crippen LogP contribution in [-0.4, -0.2) is 20.3 Å². The van der Waals surface area contributed by atoms with Gasteiger partial charge in [0.1, 0.15) is 0 Å². The van der Waals surface area contributed by atoms with Gasteiger partial charge in [-0.3, -0.25) is 0 Å². The molecule has 112 valence electrons. The number of halogens is 1.